The van der Waals surface area contributed by atoms with Crippen molar-refractivity contribution in [1.82, 2.24) is 10.2 Å². The first-order valence-corrected chi connectivity index (χ1v) is 9.92. The third-order valence-corrected chi connectivity index (χ3v) is 5.02. The monoisotopic (exact) mass is 447 g/mol. The minimum Gasteiger partial charge on any atom is -0.484 e. The molecule has 0 aliphatic rings. The maximum Gasteiger partial charge on any atom is 0.277 e. The number of rotatable bonds is 7. The highest BCUT2D eigenvalue weighted by molar-refractivity contribution is 9.10. The molecule has 1 unspecified atom stereocenters. The second-order valence-electron chi connectivity index (χ2n) is 5.82. The molecule has 0 spiro atoms. The Bertz CT molecular complexity index is 915. The van der Waals surface area contributed by atoms with E-state index in [0.717, 1.165) is 21.5 Å². The fraction of sp³-hybridized carbons (Fsp3) is 0.211. The topological polar surface area (TPSA) is 77.2 Å². The average Bonchev–Trinajstić information content (AvgIpc) is 3.09. The molecule has 8 heteroatoms. The van der Waals surface area contributed by atoms with Crippen molar-refractivity contribution in [3.05, 3.63) is 64.5 Å². The summed E-state index contributed by atoms with van der Waals surface area (Å²) in [7, 11) is 0. The number of hydrogen-bond acceptors (Lipinski definition) is 6. The Balaban J connectivity index is 1.51. The molecule has 0 saturated heterocycles. The van der Waals surface area contributed by atoms with Gasteiger partial charge in [-0.25, -0.2) is 0 Å². The number of nitrogens with one attached hydrogen (secondary N) is 1. The number of hydrogen-bond donors (Lipinski definition) is 1. The van der Waals surface area contributed by atoms with Crippen LogP contribution in [0.15, 0.2) is 62.6 Å². The predicted octanol–water partition coefficient (Wildman–Crippen LogP) is 4.84. The van der Waals surface area contributed by atoms with E-state index in [9.17, 15) is 4.79 Å². The summed E-state index contributed by atoms with van der Waals surface area (Å²) >= 11 is 4.57. The van der Waals surface area contributed by atoms with Crippen molar-refractivity contribution in [2.45, 2.75) is 30.9 Å². The van der Waals surface area contributed by atoms with Crippen LogP contribution >= 0.6 is 27.7 Å². The number of ether oxygens (including phenoxy) is 1. The summed E-state index contributed by atoms with van der Waals surface area (Å²) < 4.78 is 12.1. The summed E-state index contributed by atoms with van der Waals surface area (Å²) in [4.78, 5) is 12.3. The smallest absolute Gasteiger partial charge is 0.277 e. The lowest BCUT2D eigenvalue weighted by Crippen LogP contribution is -2.22. The normalized spacial score (nSPS) is 11.8. The van der Waals surface area contributed by atoms with Gasteiger partial charge in [-0.05, 0) is 55.8 Å². The van der Waals surface area contributed by atoms with Gasteiger partial charge >= 0.3 is 0 Å². The molecular weight excluding hydrogens is 430 g/mol. The highest BCUT2D eigenvalue weighted by Crippen LogP contribution is 2.24. The van der Waals surface area contributed by atoms with Gasteiger partial charge in [0.25, 0.3) is 11.1 Å². The van der Waals surface area contributed by atoms with Gasteiger partial charge in [-0.3, -0.25) is 4.79 Å². The van der Waals surface area contributed by atoms with Crippen LogP contribution in [0.3, 0.4) is 0 Å². The van der Waals surface area contributed by atoms with Crippen LogP contribution in [0.4, 0.5) is 5.69 Å². The van der Waals surface area contributed by atoms with Crippen LogP contribution < -0.4 is 10.1 Å². The summed E-state index contributed by atoms with van der Waals surface area (Å²) in [5.41, 5.74) is 1.84. The van der Waals surface area contributed by atoms with E-state index in [-0.39, 0.29) is 17.8 Å². The first-order valence-electron chi connectivity index (χ1n) is 8.24. The molecule has 0 aliphatic heterocycles. The zero-order chi connectivity index (χ0) is 19.2. The average molecular weight is 448 g/mol. The molecule has 140 valence electrons. The zero-order valence-electron chi connectivity index (χ0n) is 14.8. The van der Waals surface area contributed by atoms with Crippen LogP contribution in [0.25, 0.3) is 0 Å². The standard InChI is InChI=1S/C19H18BrN3O3S/c1-12-4-3-5-16(10-12)25-11-17-22-23-19(26-17)27-13(2)18(24)21-15-8-6-14(20)7-9-15/h3-10,13H,11H2,1-2H3,(H,21,24). The number of amides is 1. The lowest BCUT2D eigenvalue weighted by molar-refractivity contribution is -0.115. The molecule has 0 fully saturated rings. The lowest BCUT2D eigenvalue weighted by atomic mass is 10.2. The van der Waals surface area contributed by atoms with E-state index in [1.165, 1.54) is 11.8 Å². The van der Waals surface area contributed by atoms with E-state index in [0.29, 0.717) is 11.1 Å². The Hall–Kier alpha value is -2.32. The molecule has 27 heavy (non-hydrogen) atoms. The zero-order valence-corrected chi connectivity index (χ0v) is 17.2. The van der Waals surface area contributed by atoms with E-state index < -0.39 is 0 Å². The molecule has 0 aliphatic carbocycles. The SMILES string of the molecule is Cc1cccc(OCc2nnc(SC(C)C(=O)Nc3ccc(Br)cc3)o2)c1. The number of thioether (sulfide) groups is 1. The van der Waals surface area contributed by atoms with E-state index in [2.05, 4.69) is 31.4 Å². The number of nitrogens with zero attached hydrogens (tertiary/aromatic N) is 2. The molecule has 1 atom stereocenters. The second kappa shape index (κ2) is 9.05. The fourth-order valence-corrected chi connectivity index (χ4v) is 3.14. The highest BCUT2D eigenvalue weighted by Gasteiger charge is 2.18. The number of carbonyl (C=O) groups excluding carboxylic acids is 1. The molecular formula is C19H18BrN3O3S. The van der Waals surface area contributed by atoms with Crippen molar-refractivity contribution in [2.75, 3.05) is 5.32 Å². The molecule has 1 heterocycles. The summed E-state index contributed by atoms with van der Waals surface area (Å²) in [6.45, 7) is 3.96. The van der Waals surface area contributed by atoms with Crippen molar-refractivity contribution < 1.29 is 13.9 Å². The Kier molecular flexibility index (Phi) is 6.52. The molecule has 3 aromatic rings. The van der Waals surface area contributed by atoms with Crippen molar-refractivity contribution in [3.63, 3.8) is 0 Å². The molecule has 6 nitrogen and oxygen atoms in total. The number of aryl methyl sites for hydroxylation is 1. The van der Waals surface area contributed by atoms with Crippen LogP contribution in [-0.2, 0) is 11.4 Å². The minimum atomic E-state index is -0.389. The van der Waals surface area contributed by atoms with Crippen molar-refractivity contribution >= 4 is 39.3 Å². The maximum atomic E-state index is 12.3. The number of carbonyl (C=O) groups is 1. The van der Waals surface area contributed by atoms with E-state index in [1.807, 2.05) is 55.5 Å². The third kappa shape index (κ3) is 5.83. The predicted molar refractivity (Wildman–Crippen MR) is 108 cm³/mol. The van der Waals surface area contributed by atoms with Crippen molar-refractivity contribution in [2.24, 2.45) is 0 Å². The quantitative estimate of drug-likeness (QED) is 0.522. The van der Waals surface area contributed by atoms with Crippen molar-refractivity contribution in [1.29, 1.82) is 0 Å². The van der Waals surface area contributed by atoms with Crippen LogP contribution in [0.5, 0.6) is 5.75 Å². The highest BCUT2D eigenvalue weighted by atomic mass is 79.9. The van der Waals surface area contributed by atoms with Gasteiger partial charge in [-0.1, -0.05) is 39.8 Å². The summed E-state index contributed by atoms with van der Waals surface area (Å²) in [5.74, 6) is 0.960. The molecule has 3 rings (SSSR count). The first kappa shape index (κ1) is 19.4. The maximum absolute atomic E-state index is 12.3. The van der Waals surface area contributed by atoms with Gasteiger partial charge in [0.05, 0.1) is 5.25 Å². The van der Waals surface area contributed by atoms with Gasteiger partial charge in [-0.15, -0.1) is 10.2 Å². The van der Waals surface area contributed by atoms with E-state index in [4.69, 9.17) is 9.15 Å². The third-order valence-electron chi connectivity index (χ3n) is 3.56. The largest absolute Gasteiger partial charge is 0.484 e. The van der Waals surface area contributed by atoms with Crippen molar-refractivity contribution in [3.8, 4) is 5.75 Å². The molecule has 1 amide bonds. The summed E-state index contributed by atoms with van der Waals surface area (Å²) in [5, 5.41) is 10.7. The molecule has 1 aromatic heterocycles. The lowest BCUT2D eigenvalue weighted by Gasteiger charge is -2.09. The van der Waals surface area contributed by atoms with Gasteiger partial charge in [0.15, 0.2) is 6.61 Å². The number of halogens is 1. The molecule has 2 aromatic carbocycles. The number of benzene rings is 2. The van der Waals surface area contributed by atoms with Gasteiger partial charge < -0.3 is 14.5 Å². The van der Waals surface area contributed by atoms with Crippen LogP contribution in [0, 0.1) is 6.92 Å². The van der Waals surface area contributed by atoms with Gasteiger partial charge in [0.1, 0.15) is 5.75 Å². The summed E-state index contributed by atoms with van der Waals surface area (Å²) in [6.07, 6.45) is 0. The van der Waals surface area contributed by atoms with Crippen LogP contribution in [0.1, 0.15) is 18.4 Å². The molecule has 0 saturated carbocycles. The molecule has 0 radical (unpaired) electrons. The van der Waals surface area contributed by atoms with E-state index in [1.54, 1.807) is 6.92 Å². The first-order chi connectivity index (χ1) is 13.0. The molecule has 1 N–H and O–H groups in total. The van der Waals surface area contributed by atoms with Crippen LogP contribution in [-0.4, -0.2) is 21.4 Å². The van der Waals surface area contributed by atoms with E-state index >= 15 is 0 Å². The Morgan fingerprint density at radius 3 is 2.78 bits per heavy atom. The number of aromatic nitrogens is 2. The Labute approximate surface area is 169 Å². The Morgan fingerprint density at radius 1 is 1.26 bits per heavy atom. The van der Waals surface area contributed by atoms with Gasteiger partial charge in [0.2, 0.25) is 5.91 Å². The van der Waals surface area contributed by atoms with Gasteiger partial charge in [0, 0.05) is 10.2 Å². The fourth-order valence-electron chi connectivity index (χ4n) is 2.18. The van der Waals surface area contributed by atoms with Crippen LogP contribution in [0.2, 0.25) is 0 Å². The van der Waals surface area contributed by atoms with Gasteiger partial charge in [-0.2, -0.15) is 0 Å². The summed E-state index contributed by atoms with van der Waals surface area (Å²) in [6, 6.07) is 15.1. The second-order valence-corrected chi connectivity index (χ2v) is 8.03. The minimum absolute atomic E-state index is 0.141. The Morgan fingerprint density at radius 2 is 2.04 bits per heavy atom. The number of anilines is 1. The molecule has 0 bridgehead atoms.